The molecule has 0 unspecified atom stereocenters. The van der Waals surface area contributed by atoms with Crippen LogP contribution in [0.1, 0.15) is 44.0 Å². The molecule has 0 atom stereocenters. The van der Waals surface area contributed by atoms with Crippen LogP contribution in [0.3, 0.4) is 0 Å². The van der Waals surface area contributed by atoms with E-state index in [0.717, 1.165) is 50.3 Å². The van der Waals surface area contributed by atoms with Crippen LogP contribution in [0.5, 0.6) is 0 Å². The SMILES string of the molecule is CCc1nnc(NC(=O)CCN2CCC3(CCC(=O)N3C)CC2)s1. The van der Waals surface area contributed by atoms with E-state index in [1.54, 1.807) is 0 Å². The van der Waals surface area contributed by atoms with Gasteiger partial charge in [-0.25, -0.2) is 0 Å². The first kappa shape index (κ1) is 17.3. The Labute approximate surface area is 146 Å². The molecule has 8 heteroatoms. The molecule has 0 aliphatic carbocycles. The average Bonchev–Trinajstić information content (AvgIpc) is 3.15. The number of rotatable bonds is 5. The predicted octanol–water partition coefficient (Wildman–Crippen LogP) is 1.52. The normalized spacial score (nSPS) is 20.8. The van der Waals surface area contributed by atoms with Gasteiger partial charge in [0.25, 0.3) is 0 Å². The Bertz CT molecular complexity index is 609. The number of hydrogen-bond acceptors (Lipinski definition) is 6. The zero-order valence-electron chi connectivity index (χ0n) is 14.4. The molecule has 1 aromatic heterocycles. The van der Waals surface area contributed by atoms with Crippen molar-refractivity contribution >= 4 is 28.3 Å². The van der Waals surface area contributed by atoms with Crippen LogP contribution in [0, 0.1) is 0 Å². The molecular formula is C16H25N5O2S. The summed E-state index contributed by atoms with van der Waals surface area (Å²) in [5, 5.41) is 12.3. The third-order valence-electron chi connectivity index (χ3n) is 5.35. The van der Waals surface area contributed by atoms with E-state index in [1.807, 2.05) is 18.9 Å². The summed E-state index contributed by atoms with van der Waals surface area (Å²) in [6.45, 7) is 4.66. The lowest BCUT2D eigenvalue weighted by Crippen LogP contribution is -2.51. The minimum absolute atomic E-state index is 0.0118. The summed E-state index contributed by atoms with van der Waals surface area (Å²) in [7, 11) is 1.94. The van der Waals surface area contributed by atoms with Gasteiger partial charge in [0.05, 0.1) is 0 Å². The second-order valence-corrected chi connectivity index (χ2v) is 7.73. The molecule has 2 aliphatic rings. The van der Waals surface area contributed by atoms with Crippen LogP contribution < -0.4 is 5.32 Å². The Balaban J connectivity index is 1.42. The first-order valence-corrected chi connectivity index (χ1v) is 9.45. The first-order valence-electron chi connectivity index (χ1n) is 8.64. The number of aromatic nitrogens is 2. The fraction of sp³-hybridized carbons (Fsp3) is 0.750. The van der Waals surface area contributed by atoms with Crippen LogP contribution in [0.15, 0.2) is 0 Å². The van der Waals surface area contributed by atoms with Crippen molar-refractivity contribution in [1.29, 1.82) is 0 Å². The third-order valence-corrected chi connectivity index (χ3v) is 6.33. The van der Waals surface area contributed by atoms with E-state index in [4.69, 9.17) is 0 Å². The molecule has 24 heavy (non-hydrogen) atoms. The Hall–Kier alpha value is -1.54. The number of piperidine rings is 1. The molecule has 2 fully saturated rings. The van der Waals surface area contributed by atoms with Crippen LogP contribution in [0.25, 0.3) is 0 Å². The van der Waals surface area contributed by atoms with Gasteiger partial charge in [-0.2, -0.15) is 0 Å². The number of carbonyl (C=O) groups is 2. The zero-order chi connectivity index (χ0) is 17.2. The third kappa shape index (κ3) is 3.59. The standard InChI is InChI=1S/C16H25N5O2S/c1-3-13-18-19-15(24-13)17-12(22)5-9-21-10-7-16(8-11-21)6-4-14(23)20(16)2/h3-11H2,1-2H3,(H,17,19,22). The number of hydrogen-bond donors (Lipinski definition) is 1. The van der Waals surface area contributed by atoms with Crippen LogP contribution in [0.2, 0.25) is 0 Å². The minimum atomic E-state index is -0.0118. The van der Waals surface area contributed by atoms with Gasteiger partial charge in [-0.05, 0) is 25.7 Å². The van der Waals surface area contributed by atoms with Gasteiger partial charge in [0.2, 0.25) is 16.9 Å². The molecule has 2 aliphatic heterocycles. The maximum atomic E-state index is 12.0. The van der Waals surface area contributed by atoms with Crippen LogP contribution >= 0.6 is 11.3 Å². The van der Waals surface area contributed by atoms with Crippen LogP contribution in [-0.4, -0.2) is 64.0 Å². The molecule has 0 aromatic carbocycles. The smallest absolute Gasteiger partial charge is 0.227 e. The van der Waals surface area contributed by atoms with Crippen molar-refractivity contribution in [3.8, 4) is 0 Å². The second-order valence-electron chi connectivity index (χ2n) is 6.67. The van der Waals surface area contributed by atoms with Crippen LogP contribution in [0.4, 0.5) is 5.13 Å². The maximum Gasteiger partial charge on any atom is 0.227 e. The summed E-state index contributed by atoms with van der Waals surface area (Å²) in [6.07, 6.45) is 4.97. The topological polar surface area (TPSA) is 78.4 Å². The first-order chi connectivity index (χ1) is 11.5. The molecule has 132 valence electrons. The highest BCUT2D eigenvalue weighted by atomic mass is 32.1. The van der Waals surface area contributed by atoms with Gasteiger partial charge in [-0.15, -0.1) is 10.2 Å². The summed E-state index contributed by atoms with van der Waals surface area (Å²) in [5.41, 5.74) is 0.0684. The number of carbonyl (C=O) groups excluding carboxylic acids is 2. The van der Waals surface area contributed by atoms with E-state index in [2.05, 4.69) is 20.4 Å². The number of nitrogens with one attached hydrogen (secondary N) is 1. The van der Waals surface area contributed by atoms with E-state index >= 15 is 0 Å². The highest BCUT2D eigenvalue weighted by Gasteiger charge is 2.44. The second kappa shape index (κ2) is 7.14. The molecule has 0 radical (unpaired) electrons. The Kier molecular flexibility index (Phi) is 5.15. The fourth-order valence-electron chi connectivity index (χ4n) is 3.61. The number of likely N-dealkylation sites (tertiary alicyclic amines) is 2. The minimum Gasteiger partial charge on any atom is -0.340 e. The zero-order valence-corrected chi connectivity index (χ0v) is 15.2. The molecule has 0 saturated carbocycles. The quantitative estimate of drug-likeness (QED) is 0.870. The van der Waals surface area contributed by atoms with Gasteiger partial charge in [0, 0.05) is 45.1 Å². The van der Waals surface area contributed by atoms with Gasteiger partial charge in [0.15, 0.2) is 0 Å². The fourth-order valence-corrected chi connectivity index (χ4v) is 4.30. The van der Waals surface area contributed by atoms with E-state index in [-0.39, 0.29) is 17.4 Å². The molecule has 1 N–H and O–H groups in total. The van der Waals surface area contributed by atoms with E-state index < -0.39 is 0 Å². The average molecular weight is 351 g/mol. The van der Waals surface area contributed by atoms with Crippen molar-refractivity contribution in [2.75, 3.05) is 32.0 Å². The van der Waals surface area contributed by atoms with Crippen molar-refractivity contribution in [2.45, 2.75) is 51.0 Å². The lowest BCUT2D eigenvalue weighted by molar-refractivity contribution is -0.130. The summed E-state index contributed by atoms with van der Waals surface area (Å²) < 4.78 is 0. The lowest BCUT2D eigenvalue weighted by Gasteiger charge is -2.43. The molecule has 3 heterocycles. The molecule has 1 spiro atoms. The molecule has 3 rings (SSSR count). The number of anilines is 1. The van der Waals surface area contributed by atoms with Crippen molar-refractivity contribution in [3.63, 3.8) is 0 Å². The Morgan fingerprint density at radius 2 is 2.04 bits per heavy atom. The molecule has 2 saturated heterocycles. The van der Waals surface area contributed by atoms with Gasteiger partial charge in [-0.1, -0.05) is 18.3 Å². The highest BCUT2D eigenvalue weighted by molar-refractivity contribution is 7.15. The van der Waals surface area contributed by atoms with Crippen LogP contribution in [-0.2, 0) is 16.0 Å². The molecular weight excluding hydrogens is 326 g/mol. The largest absolute Gasteiger partial charge is 0.340 e. The summed E-state index contributed by atoms with van der Waals surface area (Å²) in [5.74, 6) is 0.258. The summed E-state index contributed by atoms with van der Waals surface area (Å²) >= 11 is 1.43. The summed E-state index contributed by atoms with van der Waals surface area (Å²) in [4.78, 5) is 28.1. The van der Waals surface area contributed by atoms with Gasteiger partial charge < -0.3 is 15.1 Å². The molecule has 1 aromatic rings. The molecule has 2 amide bonds. The molecule has 0 bridgehead atoms. The highest BCUT2D eigenvalue weighted by Crippen LogP contribution is 2.37. The number of nitrogens with zero attached hydrogens (tertiary/aromatic N) is 4. The monoisotopic (exact) mass is 351 g/mol. The molecule has 7 nitrogen and oxygen atoms in total. The maximum absolute atomic E-state index is 12.0. The van der Waals surface area contributed by atoms with E-state index in [9.17, 15) is 9.59 Å². The summed E-state index contributed by atoms with van der Waals surface area (Å²) in [6, 6.07) is 0. The Morgan fingerprint density at radius 1 is 1.29 bits per heavy atom. The Morgan fingerprint density at radius 3 is 2.62 bits per heavy atom. The number of amides is 2. The van der Waals surface area contributed by atoms with Gasteiger partial charge >= 0.3 is 0 Å². The van der Waals surface area contributed by atoms with Gasteiger partial charge in [-0.3, -0.25) is 9.59 Å². The van der Waals surface area contributed by atoms with Crippen molar-refractivity contribution in [2.24, 2.45) is 0 Å². The lowest BCUT2D eigenvalue weighted by atomic mass is 9.85. The van der Waals surface area contributed by atoms with Gasteiger partial charge in [0.1, 0.15) is 5.01 Å². The predicted molar refractivity (Wildman–Crippen MR) is 92.9 cm³/mol. The van der Waals surface area contributed by atoms with E-state index in [0.29, 0.717) is 18.0 Å². The van der Waals surface area contributed by atoms with Crippen molar-refractivity contribution in [1.82, 2.24) is 20.0 Å². The van der Waals surface area contributed by atoms with Crippen molar-refractivity contribution < 1.29 is 9.59 Å². The van der Waals surface area contributed by atoms with Crippen molar-refractivity contribution in [3.05, 3.63) is 5.01 Å². The van der Waals surface area contributed by atoms with E-state index in [1.165, 1.54) is 11.3 Å². The number of aryl methyl sites for hydroxylation is 1.